The van der Waals surface area contributed by atoms with Crippen LogP contribution in [0.1, 0.15) is 11.1 Å². The van der Waals surface area contributed by atoms with E-state index in [2.05, 4.69) is 16.8 Å². The molecule has 6 heteroatoms. The van der Waals surface area contributed by atoms with Crippen LogP contribution in [0.4, 0.5) is 0 Å². The molecule has 0 saturated carbocycles. The van der Waals surface area contributed by atoms with Gasteiger partial charge in [-0.2, -0.15) is 0 Å². The lowest BCUT2D eigenvalue weighted by molar-refractivity contribution is -0.0205. The van der Waals surface area contributed by atoms with Crippen LogP contribution in [0.3, 0.4) is 0 Å². The van der Waals surface area contributed by atoms with Crippen molar-refractivity contribution >= 4 is 0 Å². The molecule has 0 radical (unpaired) electrons. The molecular formula is C16H26N2O4. The number of methoxy groups -OCH3 is 2. The maximum absolute atomic E-state index is 10.5. The topological polar surface area (TPSA) is 65.4 Å². The predicted octanol–water partition coefficient (Wildman–Crippen LogP) is 0.304. The van der Waals surface area contributed by atoms with Gasteiger partial charge in [0.15, 0.2) is 11.5 Å². The molecule has 1 heterocycles. The summed E-state index contributed by atoms with van der Waals surface area (Å²) in [4.78, 5) is 4.32. The Bertz CT molecular complexity index is 487. The molecule has 0 spiro atoms. The Morgan fingerprint density at radius 3 is 2.09 bits per heavy atom. The van der Waals surface area contributed by atoms with Crippen molar-refractivity contribution in [1.82, 2.24) is 9.80 Å². The molecule has 0 bridgehead atoms. The number of hydrogen-bond acceptors (Lipinski definition) is 6. The number of aliphatic hydroxyl groups excluding tert-OH is 2. The Balaban J connectivity index is 2.13. The number of rotatable bonds is 6. The van der Waals surface area contributed by atoms with Gasteiger partial charge in [0.05, 0.1) is 20.8 Å². The first-order chi connectivity index (χ1) is 10.6. The number of likely N-dealkylation sites (N-methyl/N-ethyl adjacent to an activating group) is 1. The third kappa shape index (κ3) is 3.89. The van der Waals surface area contributed by atoms with E-state index in [1.54, 1.807) is 20.3 Å². The minimum Gasteiger partial charge on any atom is -0.493 e. The van der Waals surface area contributed by atoms with Crippen LogP contribution in [0.2, 0.25) is 0 Å². The summed E-state index contributed by atoms with van der Waals surface area (Å²) in [6.07, 6.45) is -0.0999. The Kier molecular flexibility index (Phi) is 6.02. The fourth-order valence-corrected chi connectivity index (χ4v) is 2.75. The zero-order valence-corrected chi connectivity index (χ0v) is 13.6. The van der Waals surface area contributed by atoms with Crippen LogP contribution in [0, 0.1) is 0 Å². The average Bonchev–Trinajstić information content (AvgIpc) is 2.54. The molecule has 1 unspecified atom stereocenters. The number of benzene rings is 1. The first-order valence-corrected chi connectivity index (χ1v) is 7.54. The molecule has 2 N–H and O–H groups in total. The Morgan fingerprint density at radius 1 is 1.05 bits per heavy atom. The highest BCUT2D eigenvalue weighted by Crippen LogP contribution is 2.31. The van der Waals surface area contributed by atoms with E-state index in [1.165, 1.54) is 0 Å². The van der Waals surface area contributed by atoms with Crippen molar-refractivity contribution in [3.63, 3.8) is 0 Å². The molecule has 22 heavy (non-hydrogen) atoms. The monoisotopic (exact) mass is 310 g/mol. The summed E-state index contributed by atoms with van der Waals surface area (Å²) in [7, 11) is 5.23. The zero-order chi connectivity index (χ0) is 16.1. The lowest BCUT2D eigenvalue weighted by atomic mass is 10.0. The third-order valence-electron chi connectivity index (χ3n) is 4.24. The van der Waals surface area contributed by atoms with Crippen molar-refractivity contribution in [2.75, 3.05) is 47.4 Å². The molecule has 0 aliphatic carbocycles. The smallest absolute Gasteiger partial charge is 0.161 e. The van der Waals surface area contributed by atoms with Crippen LogP contribution in [0.5, 0.6) is 11.5 Å². The van der Waals surface area contributed by atoms with E-state index in [4.69, 9.17) is 9.47 Å². The fraction of sp³-hybridized carbons (Fsp3) is 0.625. The summed E-state index contributed by atoms with van der Waals surface area (Å²) in [5, 5.41) is 20.0. The van der Waals surface area contributed by atoms with Crippen LogP contribution in [-0.2, 0) is 13.0 Å². The summed E-state index contributed by atoms with van der Waals surface area (Å²) < 4.78 is 10.6. The molecule has 124 valence electrons. The first kappa shape index (κ1) is 17.0. The van der Waals surface area contributed by atoms with Gasteiger partial charge in [0.1, 0.15) is 6.23 Å². The summed E-state index contributed by atoms with van der Waals surface area (Å²) in [6, 6.07) is 3.61. The molecule has 1 aliphatic rings. The summed E-state index contributed by atoms with van der Waals surface area (Å²) in [5.41, 5.74) is 1.64. The largest absolute Gasteiger partial charge is 0.493 e. The van der Waals surface area contributed by atoms with Crippen LogP contribution in [0.25, 0.3) is 0 Å². The minimum absolute atomic E-state index is 0.0921. The third-order valence-corrected chi connectivity index (χ3v) is 4.24. The van der Waals surface area contributed by atoms with Gasteiger partial charge in [0.25, 0.3) is 0 Å². The lowest BCUT2D eigenvalue weighted by Gasteiger charge is -2.35. The van der Waals surface area contributed by atoms with E-state index in [0.29, 0.717) is 17.9 Å². The van der Waals surface area contributed by atoms with Crippen molar-refractivity contribution in [2.24, 2.45) is 0 Å². The Hall–Kier alpha value is -1.34. The zero-order valence-electron chi connectivity index (χ0n) is 13.6. The maximum Gasteiger partial charge on any atom is 0.161 e. The molecule has 0 aromatic heterocycles. The second-order valence-corrected chi connectivity index (χ2v) is 5.66. The molecule has 1 aromatic carbocycles. The summed E-state index contributed by atoms with van der Waals surface area (Å²) in [6.45, 7) is 3.51. The van der Waals surface area contributed by atoms with Gasteiger partial charge in [0, 0.05) is 32.6 Å². The van der Waals surface area contributed by atoms with Crippen LogP contribution < -0.4 is 9.47 Å². The van der Waals surface area contributed by atoms with E-state index in [1.807, 2.05) is 6.07 Å². The van der Waals surface area contributed by atoms with Crippen molar-refractivity contribution in [1.29, 1.82) is 0 Å². The van der Waals surface area contributed by atoms with Crippen molar-refractivity contribution in [3.8, 4) is 11.5 Å². The molecule has 1 fully saturated rings. The lowest BCUT2D eigenvalue weighted by Crippen LogP contribution is -2.49. The van der Waals surface area contributed by atoms with Gasteiger partial charge in [-0.1, -0.05) is 0 Å². The second kappa shape index (κ2) is 7.78. The van der Waals surface area contributed by atoms with Gasteiger partial charge in [-0.15, -0.1) is 0 Å². The predicted molar refractivity (Wildman–Crippen MR) is 84.2 cm³/mol. The average molecular weight is 310 g/mol. The number of piperazine rings is 1. The van der Waals surface area contributed by atoms with Gasteiger partial charge in [0.2, 0.25) is 0 Å². The highest BCUT2D eigenvalue weighted by Gasteiger charge is 2.22. The van der Waals surface area contributed by atoms with Gasteiger partial charge in [-0.05, 0) is 30.3 Å². The fourth-order valence-electron chi connectivity index (χ4n) is 2.75. The molecule has 2 rings (SSSR count). The molecule has 1 aromatic rings. The highest BCUT2D eigenvalue weighted by atomic mass is 16.5. The van der Waals surface area contributed by atoms with Gasteiger partial charge < -0.3 is 24.6 Å². The van der Waals surface area contributed by atoms with Gasteiger partial charge >= 0.3 is 0 Å². The van der Waals surface area contributed by atoms with E-state index >= 15 is 0 Å². The maximum atomic E-state index is 10.5. The van der Waals surface area contributed by atoms with Crippen molar-refractivity contribution < 1.29 is 19.7 Å². The van der Waals surface area contributed by atoms with E-state index < -0.39 is 6.23 Å². The molecular weight excluding hydrogens is 284 g/mol. The Morgan fingerprint density at radius 2 is 1.59 bits per heavy atom. The number of nitrogens with zero attached hydrogens (tertiary/aromatic N) is 2. The summed E-state index contributed by atoms with van der Waals surface area (Å²) >= 11 is 0. The van der Waals surface area contributed by atoms with E-state index in [0.717, 1.165) is 37.3 Å². The van der Waals surface area contributed by atoms with Crippen LogP contribution in [0.15, 0.2) is 12.1 Å². The Labute approximate surface area is 131 Å². The molecule has 1 aliphatic heterocycles. The quantitative estimate of drug-likeness (QED) is 0.788. The van der Waals surface area contributed by atoms with E-state index in [9.17, 15) is 10.2 Å². The first-order valence-electron chi connectivity index (χ1n) is 7.54. The second-order valence-electron chi connectivity index (χ2n) is 5.66. The van der Waals surface area contributed by atoms with Crippen molar-refractivity contribution in [2.45, 2.75) is 19.3 Å². The molecule has 1 saturated heterocycles. The summed E-state index contributed by atoms with van der Waals surface area (Å²) in [5.74, 6) is 1.20. The number of hydrogen-bond donors (Lipinski definition) is 2. The molecule has 6 nitrogen and oxygen atoms in total. The van der Waals surface area contributed by atoms with Gasteiger partial charge in [-0.25, -0.2) is 0 Å². The van der Waals surface area contributed by atoms with Crippen LogP contribution in [-0.4, -0.2) is 73.7 Å². The normalized spacial score (nSPS) is 18.2. The number of ether oxygens (including phenoxy) is 2. The molecule has 0 amide bonds. The van der Waals surface area contributed by atoms with Crippen LogP contribution >= 0.6 is 0 Å². The highest BCUT2D eigenvalue weighted by molar-refractivity contribution is 5.47. The van der Waals surface area contributed by atoms with Crippen molar-refractivity contribution in [3.05, 3.63) is 23.3 Å². The number of aliphatic hydroxyl groups is 2. The minimum atomic E-state index is -0.558. The SMILES string of the molecule is COc1cc(CO)c(CC(O)N2CCN(C)CC2)cc1OC. The van der Waals surface area contributed by atoms with E-state index in [-0.39, 0.29) is 6.61 Å². The van der Waals surface area contributed by atoms with Gasteiger partial charge in [-0.3, -0.25) is 4.90 Å². The molecule has 1 atom stereocenters. The standard InChI is InChI=1S/C16H26N2O4/c1-17-4-6-18(7-5-17)16(20)10-12-8-14(21-2)15(22-3)9-13(12)11-19/h8-9,16,19-20H,4-7,10-11H2,1-3H3.